The summed E-state index contributed by atoms with van der Waals surface area (Å²) in [6.45, 7) is 16.2. The SMILES string of the molecule is C[C@H]1C[C@@H](C2=C(CN3CCN(c4ccc(C(=O)NS(=O)(=O)c5ccc(NC6CCC(C)(C)CC6)c([N+](=O)[O-])c5)c(Oc5cnc6[nH]ccc6c5)c4)CC3)CCC(C)(C)C2)C2CC21. The Labute approximate surface area is 365 Å². The minimum atomic E-state index is -4.53. The van der Waals surface area contributed by atoms with Gasteiger partial charge in [-0.15, -0.1) is 0 Å². The maximum absolute atomic E-state index is 14.0. The van der Waals surface area contributed by atoms with Gasteiger partial charge in [0.25, 0.3) is 21.6 Å². The van der Waals surface area contributed by atoms with Gasteiger partial charge in [-0.1, -0.05) is 45.8 Å². The lowest BCUT2D eigenvalue weighted by molar-refractivity contribution is -0.384. The van der Waals surface area contributed by atoms with Crippen LogP contribution in [-0.2, 0) is 10.0 Å². The average molecular weight is 864 g/mol. The Morgan fingerprint density at radius 2 is 1.74 bits per heavy atom. The summed E-state index contributed by atoms with van der Waals surface area (Å²) in [6.07, 6.45) is 13.4. The molecule has 13 nitrogen and oxygen atoms in total. The fourth-order valence-electron chi connectivity index (χ4n) is 10.9. The van der Waals surface area contributed by atoms with Crippen molar-refractivity contribution in [3.8, 4) is 11.5 Å². The van der Waals surface area contributed by atoms with Crippen molar-refractivity contribution in [2.24, 2.45) is 34.5 Å². The molecule has 0 spiro atoms. The highest BCUT2D eigenvalue weighted by Gasteiger charge is 2.54. The molecular formula is C48H61N7O6S. The first-order valence-electron chi connectivity index (χ1n) is 22.6. The van der Waals surface area contributed by atoms with Gasteiger partial charge in [0.05, 0.1) is 21.6 Å². The zero-order chi connectivity index (χ0) is 43.6. The minimum absolute atomic E-state index is 0.00282. The Balaban J connectivity index is 0.924. The molecular weight excluding hydrogens is 803 g/mol. The third kappa shape index (κ3) is 8.95. The number of sulfonamides is 1. The van der Waals surface area contributed by atoms with Gasteiger partial charge in [-0.2, -0.15) is 0 Å². The number of nitrogens with one attached hydrogen (secondary N) is 3. The second-order valence-corrected chi connectivity index (χ2v) is 22.1. The first kappa shape index (κ1) is 42.4. The summed E-state index contributed by atoms with van der Waals surface area (Å²) in [5.74, 6) is 3.08. The number of piperazine rings is 1. The molecule has 3 heterocycles. The van der Waals surface area contributed by atoms with E-state index < -0.39 is 20.9 Å². The zero-order valence-electron chi connectivity index (χ0n) is 36.7. The number of benzene rings is 2. The summed E-state index contributed by atoms with van der Waals surface area (Å²) in [4.78, 5) is 37.6. The molecule has 1 saturated heterocycles. The fraction of sp³-hybridized carbons (Fsp3) is 0.542. The Hall–Kier alpha value is -4.95. The van der Waals surface area contributed by atoms with E-state index in [0.717, 1.165) is 99.2 Å². The second-order valence-electron chi connectivity index (χ2n) is 20.4. The number of aromatic amines is 1. The number of nitrogens with zero attached hydrogens (tertiary/aromatic N) is 4. The number of hydrogen-bond acceptors (Lipinski definition) is 10. The van der Waals surface area contributed by atoms with E-state index in [-0.39, 0.29) is 39.0 Å². The standard InChI is InChI=1S/C48H61N7O6S/c1-30-22-39(40-26-38(30)40)41-27-48(4,5)14-10-32(41)29-53-18-20-54(21-19-53)34-6-8-37(44(24-34)61-35-23-31-13-17-49-45(31)50-28-35)46(56)52-62(59,60)36-7-9-42(43(25-36)55(57)58)51-33-11-15-47(2,3)16-12-33/h6-9,13,17,23-25,28,30,33,38-40,51H,10-12,14-16,18-22,26-27,29H2,1-5H3,(H,49,50)(H,52,56)/t30-,38?,39+,40?/m0/s1. The Bertz CT molecular complexity index is 2510. The van der Waals surface area contributed by atoms with Crippen molar-refractivity contribution in [2.75, 3.05) is 42.9 Å². The maximum Gasteiger partial charge on any atom is 0.293 e. The number of H-pyrrole nitrogens is 1. The van der Waals surface area contributed by atoms with Crippen LogP contribution < -0.4 is 19.7 Å². The lowest BCUT2D eigenvalue weighted by Gasteiger charge is -2.40. The summed E-state index contributed by atoms with van der Waals surface area (Å²) >= 11 is 0. The monoisotopic (exact) mass is 863 g/mol. The number of nitro benzene ring substituents is 1. The molecule has 9 rings (SSSR count). The Morgan fingerprint density at radius 1 is 0.968 bits per heavy atom. The van der Waals surface area contributed by atoms with Gasteiger partial charge in [0.15, 0.2) is 0 Å². The molecule has 330 valence electrons. The van der Waals surface area contributed by atoms with Gasteiger partial charge < -0.3 is 19.9 Å². The van der Waals surface area contributed by atoms with Crippen LogP contribution in [0.2, 0.25) is 0 Å². The molecule has 4 atom stereocenters. The van der Waals surface area contributed by atoms with Crippen LogP contribution >= 0.6 is 0 Å². The molecule has 2 aromatic carbocycles. The van der Waals surface area contributed by atoms with Crippen LogP contribution in [0.25, 0.3) is 11.0 Å². The average Bonchev–Trinajstić information content (AvgIpc) is 3.78. The topological polar surface area (TPSA) is 163 Å². The number of allylic oxidation sites excluding steroid dienone is 1. The molecule has 2 unspecified atom stereocenters. The van der Waals surface area contributed by atoms with E-state index >= 15 is 0 Å². The number of carbonyl (C=O) groups excluding carboxylic acids is 1. The number of pyridine rings is 1. The summed E-state index contributed by atoms with van der Waals surface area (Å²) < 4.78 is 36.0. The summed E-state index contributed by atoms with van der Waals surface area (Å²) in [5, 5.41) is 16.3. The largest absolute Gasteiger partial charge is 0.455 e. The summed E-state index contributed by atoms with van der Waals surface area (Å²) in [6, 6.07) is 12.6. The smallest absolute Gasteiger partial charge is 0.293 e. The number of anilines is 2. The molecule has 62 heavy (non-hydrogen) atoms. The number of hydrogen-bond donors (Lipinski definition) is 3. The summed E-state index contributed by atoms with van der Waals surface area (Å²) in [7, 11) is -4.53. The molecule has 3 N–H and O–H groups in total. The van der Waals surface area contributed by atoms with Crippen LogP contribution in [0.15, 0.2) is 77.0 Å². The van der Waals surface area contributed by atoms with Gasteiger partial charge in [0.1, 0.15) is 22.8 Å². The normalized spacial score (nSPS) is 25.1. The van der Waals surface area contributed by atoms with E-state index in [1.54, 1.807) is 41.7 Å². The van der Waals surface area contributed by atoms with E-state index in [2.05, 4.69) is 64.4 Å². The molecule has 1 amide bonds. The molecule has 0 radical (unpaired) electrons. The van der Waals surface area contributed by atoms with Crippen molar-refractivity contribution in [1.82, 2.24) is 19.6 Å². The highest BCUT2D eigenvalue weighted by Crippen LogP contribution is 2.62. The summed E-state index contributed by atoms with van der Waals surface area (Å²) in [5.41, 5.74) is 5.45. The van der Waals surface area contributed by atoms with Crippen molar-refractivity contribution in [2.45, 2.75) is 103 Å². The number of aromatic nitrogens is 2. The number of rotatable bonds is 12. The quantitative estimate of drug-likeness (QED) is 0.0710. The van der Waals surface area contributed by atoms with Gasteiger partial charge in [-0.25, -0.2) is 18.1 Å². The number of carbonyl (C=O) groups is 1. The predicted molar refractivity (Wildman–Crippen MR) is 242 cm³/mol. The van der Waals surface area contributed by atoms with Crippen LogP contribution in [0.5, 0.6) is 11.5 Å². The van der Waals surface area contributed by atoms with Gasteiger partial charge >= 0.3 is 0 Å². The minimum Gasteiger partial charge on any atom is -0.455 e. The first-order chi connectivity index (χ1) is 29.5. The van der Waals surface area contributed by atoms with Crippen molar-refractivity contribution in [3.63, 3.8) is 0 Å². The zero-order valence-corrected chi connectivity index (χ0v) is 37.5. The molecule has 3 saturated carbocycles. The lowest BCUT2D eigenvalue weighted by Crippen LogP contribution is -2.47. The molecule has 2 aromatic heterocycles. The Morgan fingerprint density at radius 3 is 2.45 bits per heavy atom. The fourth-order valence-corrected chi connectivity index (χ4v) is 11.9. The highest BCUT2D eigenvalue weighted by atomic mass is 32.2. The van der Waals surface area contributed by atoms with Crippen LogP contribution in [0.3, 0.4) is 0 Å². The number of fused-ring (bicyclic) bond motifs is 2. The van der Waals surface area contributed by atoms with E-state index in [4.69, 9.17) is 4.74 Å². The molecule has 14 heteroatoms. The second kappa shape index (κ2) is 16.3. The molecule has 4 fully saturated rings. The third-order valence-electron chi connectivity index (χ3n) is 14.8. The van der Waals surface area contributed by atoms with Crippen molar-refractivity contribution >= 4 is 44.0 Å². The van der Waals surface area contributed by atoms with Crippen molar-refractivity contribution < 1.29 is 22.9 Å². The van der Waals surface area contributed by atoms with E-state index in [1.165, 1.54) is 44.2 Å². The van der Waals surface area contributed by atoms with Gasteiger partial charge in [-0.05, 0) is 129 Å². The first-order valence-corrected chi connectivity index (χ1v) is 24.0. The van der Waals surface area contributed by atoms with Crippen LogP contribution in [0.1, 0.15) is 103 Å². The number of ether oxygens (including phenoxy) is 1. The number of amides is 1. The predicted octanol–water partition coefficient (Wildman–Crippen LogP) is 9.68. The van der Waals surface area contributed by atoms with Crippen molar-refractivity contribution in [1.29, 1.82) is 0 Å². The van der Waals surface area contributed by atoms with Crippen LogP contribution in [0.4, 0.5) is 17.1 Å². The Kier molecular flexibility index (Phi) is 11.1. The molecule has 1 aliphatic heterocycles. The van der Waals surface area contributed by atoms with Gasteiger partial charge in [-0.3, -0.25) is 19.8 Å². The lowest BCUT2D eigenvalue weighted by atomic mass is 9.69. The van der Waals surface area contributed by atoms with E-state index in [9.17, 15) is 23.3 Å². The van der Waals surface area contributed by atoms with E-state index in [1.807, 2.05) is 12.1 Å². The molecule has 4 aliphatic carbocycles. The highest BCUT2D eigenvalue weighted by molar-refractivity contribution is 7.90. The van der Waals surface area contributed by atoms with E-state index in [0.29, 0.717) is 16.8 Å². The number of nitro groups is 1. The van der Waals surface area contributed by atoms with Gasteiger partial charge in [0, 0.05) is 68.2 Å². The van der Waals surface area contributed by atoms with Crippen LogP contribution in [0, 0.1) is 44.6 Å². The maximum atomic E-state index is 14.0. The molecule has 5 aliphatic rings. The van der Waals surface area contributed by atoms with Gasteiger partial charge in [0.2, 0.25) is 0 Å². The molecule has 0 bridgehead atoms. The van der Waals surface area contributed by atoms with Crippen LogP contribution in [-0.4, -0.2) is 72.9 Å². The van der Waals surface area contributed by atoms with Crippen molar-refractivity contribution in [3.05, 3.63) is 87.7 Å². The third-order valence-corrected chi connectivity index (χ3v) is 16.1. The molecule has 4 aromatic rings.